The number of rotatable bonds is 4. The molecule has 0 radical (unpaired) electrons. The van der Waals surface area contributed by atoms with Gasteiger partial charge in [0.25, 0.3) is 0 Å². The van der Waals surface area contributed by atoms with Gasteiger partial charge in [-0.25, -0.2) is 0 Å². The predicted molar refractivity (Wildman–Crippen MR) is 35.4 cm³/mol. The van der Waals surface area contributed by atoms with Gasteiger partial charge in [-0.2, -0.15) is 26.3 Å². The van der Waals surface area contributed by atoms with Gasteiger partial charge in [0.15, 0.2) is 0 Å². The Morgan fingerprint density at radius 3 is 1.08 bits per heavy atom. The van der Waals surface area contributed by atoms with Gasteiger partial charge in [-0.05, 0) is 0 Å². The third-order valence-corrected chi connectivity index (χ3v) is 1.81. The van der Waals surface area contributed by atoms with Gasteiger partial charge in [0, 0.05) is 12.8 Å². The SMILES string of the molecule is CCC(F)(F)C(F)(F)C(F)(F)CC. The number of hydrogen-bond donors (Lipinski definition) is 0. The Morgan fingerprint density at radius 1 is 0.692 bits per heavy atom. The summed E-state index contributed by atoms with van der Waals surface area (Å²) in [6.07, 6.45) is -2.62. The van der Waals surface area contributed by atoms with E-state index >= 15 is 0 Å². The van der Waals surface area contributed by atoms with Crippen molar-refractivity contribution in [1.29, 1.82) is 0 Å². The number of halogens is 6. The van der Waals surface area contributed by atoms with Crippen LogP contribution in [0.25, 0.3) is 0 Å². The standard InChI is InChI=1S/C7H10F6/c1-3-5(8,9)7(12,13)6(10,11)4-2/h3-4H2,1-2H3. The topological polar surface area (TPSA) is 0 Å². The van der Waals surface area contributed by atoms with Crippen LogP contribution in [-0.2, 0) is 0 Å². The van der Waals surface area contributed by atoms with Crippen LogP contribution in [0.4, 0.5) is 26.3 Å². The minimum absolute atomic E-state index is 0.736. The first-order chi connectivity index (χ1) is 5.62. The summed E-state index contributed by atoms with van der Waals surface area (Å²) in [5.41, 5.74) is 0. The smallest absolute Gasteiger partial charge is 0.200 e. The van der Waals surface area contributed by atoms with E-state index < -0.39 is 30.6 Å². The van der Waals surface area contributed by atoms with E-state index in [1.807, 2.05) is 0 Å². The van der Waals surface area contributed by atoms with Crippen LogP contribution in [0.3, 0.4) is 0 Å². The molecule has 0 aromatic heterocycles. The molecule has 0 aliphatic carbocycles. The minimum Gasteiger partial charge on any atom is -0.200 e. The van der Waals surface area contributed by atoms with Gasteiger partial charge in [-0.3, -0.25) is 0 Å². The molecule has 0 fully saturated rings. The van der Waals surface area contributed by atoms with Gasteiger partial charge in [0.1, 0.15) is 0 Å². The molecule has 0 spiro atoms. The van der Waals surface area contributed by atoms with E-state index in [4.69, 9.17) is 0 Å². The summed E-state index contributed by atoms with van der Waals surface area (Å²) < 4.78 is 74.5. The Morgan fingerprint density at radius 2 is 0.923 bits per heavy atom. The molecule has 0 rings (SSSR count). The van der Waals surface area contributed by atoms with Crippen LogP contribution in [0.2, 0.25) is 0 Å². The Labute approximate surface area is 71.9 Å². The highest BCUT2D eigenvalue weighted by atomic mass is 19.3. The molecular formula is C7H10F6. The van der Waals surface area contributed by atoms with E-state index in [1.54, 1.807) is 0 Å². The lowest BCUT2D eigenvalue weighted by atomic mass is 10.0. The molecular weight excluding hydrogens is 198 g/mol. The molecule has 13 heavy (non-hydrogen) atoms. The lowest BCUT2D eigenvalue weighted by Gasteiger charge is -2.31. The molecule has 0 aromatic rings. The summed E-state index contributed by atoms with van der Waals surface area (Å²) in [6, 6.07) is 0. The molecule has 0 heterocycles. The zero-order valence-electron chi connectivity index (χ0n) is 7.18. The van der Waals surface area contributed by atoms with Crippen molar-refractivity contribution in [2.45, 2.75) is 44.5 Å². The second-order valence-electron chi connectivity index (χ2n) is 2.69. The number of alkyl halides is 6. The first-order valence-electron chi connectivity index (χ1n) is 3.76. The molecule has 0 N–H and O–H groups in total. The maximum Gasteiger partial charge on any atom is 0.371 e. The van der Waals surface area contributed by atoms with Gasteiger partial charge < -0.3 is 0 Å². The summed E-state index contributed by atoms with van der Waals surface area (Å²) in [7, 11) is 0. The predicted octanol–water partition coefficient (Wildman–Crippen LogP) is 3.71. The van der Waals surface area contributed by atoms with Crippen molar-refractivity contribution in [3.05, 3.63) is 0 Å². The van der Waals surface area contributed by atoms with Gasteiger partial charge in [0.2, 0.25) is 0 Å². The summed E-state index contributed by atoms with van der Waals surface area (Å²) >= 11 is 0. The molecule has 0 aromatic carbocycles. The quantitative estimate of drug-likeness (QED) is 0.618. The third-order valence-electron chi connectivity index (χ3n) is 1.81. The summed E-state index contributed by atoms with van der Waals surface area (Å²) in [6.45, 7) is 1.47. The first-order valence-corrected chi connectivity index (χ1v) is 3.76. The molecule has 0 aliphatic heterocycles. The van der Waals surface area contributed by atoms with E-state index in [0.717, 1.165) is 13.8 Å². The van der Waals surface area contributed by atoms with Gasteiger partial charge in [0.05, 0.1) is 0 Å². The molecule has 0 amide bonds. The fourth-order valence-electron chi connectivity index (χ4n) is 0.712. The molecule has 80 valence electrons. The van der Waals surface area contributed by atoms with Crippen molar-refractivity contribution >= 4 is 0 Å². The maximum absolute atomic E-state index is 12.5. The molecule has 0 saturated carbocycles. The van der Waals surface area contributed by atoms with Crippen molar-refractivity contribution in [2.24, 2.45) is 0 Å². The molecule has 0 bridgehead atoms. The van der Waals surface area contributed by atoms with Gasteiger partial charge in [-0.1, -0.05) is 13.8 Å². The highest BCUT2D eigenvalue weighted by Gasteiger charge is 2.69. The zero-order chi connectivity index (χ0) is 10.9. The largest absolute Gasteiger partial charge is 0.371 e. The van der Waals surface area contributed by atoms with E-state index in [-0.39, 0.29) is 0 Å². The first kappa shape index (κ1) is 12.6. The average Bonchev–Trinajstić information content (AvgIpc) is 2.03. The molecule has 0 unspecified atom stereocenters. The fourth-order valence-corrected chi connectivity index (χ4v) is 0.712. The van der Waals surface area contributed by atoms with Crippen molar-refractivity contribution in [3.8, 4) is 0 Å². The van der Waals surface area contributed by atoms with Crippen LogP contribution < -0.4 is 0 Å². The van der Waals surface area contributed by atoms with Crippen LogP contribution in [0.15, 0.2) is 0 Å². The van der Waals surface area contributed by atoms with E-state index in [0.29, 0.717) is 0 Å². The average molecular weight is 208 g/mol. The second-order valence-corrected chi connectivity index (χ2v) is 2.69. The summed E-state index contributed by atoms with van der Waals surface area (Å²) in [4.78, 5) is 0. The van der Waals surface area contributed by atoms with Crippen molar-refractivity contribution in [1.82, 2.24) is 0 Å². The Kier molecular flexibility index (Phi) is 3.27. The second kappa shape index (κ2) is 3.38. The molecule has 0 atom stereocenters. The van der Waals surface area contributed by atoms with Crippen LogP contribution in [0, 0.1) is 0 Å². The van der Waals surface area contributed by atoms with E-state index in [1.165, 1.54) is 0 Å². The summed E-state index contributed by atoms with van der Waals surface area (Å²) in [5.74, 6) is -14.6. The van der Waals surface area contributed by atoms with Crippen LogP contribution in [0.5, 0.6) is 0 Å². The monoisotopic (exact) mass is 208 g/mol. The minimum atomic E-state index is -5.27. The Balaban J connectivity index is 4.95. The normalized spacial score (nSPS) is 14.8. The maximum atomic E-state index is 12.5. The Bertz CT molecular complexity index is 156. The molecule has 0 saturated heterocycles. The Hall–Kier alpha value is -0.420. The molecule has 6 heteroatoms. The van der Waals surface area contributed by atoms with Gasteiger partial charge in [-0.15, -0.1) is 0 Å². The van der Waals surface area contributed by atoms with Crippen molar-refractivity contribution < 1.29 is 26.3 Å². The van der Waals surface area contributed by atoms with Crippen molar-refractivity contribution in [2.75, 3.05) is 0 Å². The van der Waals surface area contributed by atoms with E-state index in [9.17, 15) is 26.3 Å². The zero-order valence-corrected chi connectivity index (χ0v) is 7.18. The molecule has 0 nitrogen and oxygen atoms in total. The summed E-state index contributed by atoms with van der Waals surface area (Å²) in [5, 5.41) is 0. The highest BCUT2D eigenvalue weighted by Crippen LogP contribution is 2.48. The lowest BCUT2D eigenvalue weighted by molar-refractivity contribution is -0.309. The number of hydrogen-bond acceptors (Lipinski definition) is 0. The molecule has 0 aliphatic rings. The lowest BCUT2D eigenvalue weighted by Crippen LogP contribution is -2.53. The third kappa shape index (κ3) is 1.91. The van der Waals surface area contributed by atoms with Crippen molar-refractivity contribution in [3.63, 3.8) is 0 Å². The van der Waals surface area contributed by atoms with Gasteiger partial charge >= 0.3 is 17.8 Å². The van der Waals surface area contributed by atoms with E-state index in [2.05, 4.69) is 0 Å². The van der Waals surface area contributed by atoms with Crippen LogP contribution in [0.1, 0.15) is 26.7 Å². The van der Waals surface area contributed by atoms with Crippen LogP contribution in [-0.4, -0.2) is 17.8 Å². The van der Waals surface area contributed by atoms with Crippen LogP contribution >= 0.6 is 0 Å². The fraction of sp³-hybridized carbons (Fsp3) is 1.00. The highest BCUT2D eigenvalue weighted by molar-refractivity contribution is 4.94.